The normalized spacial score (nSPS) is 10.5. The number of ether oxygens (including phenoxy) is 1. The Bertz CT molecular complexity index is 600. The number of aromatic nitrogens is 2. The van der Waals surface area contributed by atoms with Crippen molar-refractivity contribution in [1.29, 1.82) is 0 Å². The summed E-state index contributed by atoms with van der Waals surface area (Å²) in [6, 6.07) is 7.55. The Morgan fingerprint density at radius 2 is 2.00 bits per heavy atom. The van der Waals surface area contributed by atoms with Gasteiger partial charge in [0.05, 0.1) is 24.9 Å². The van der Waals surface area contributed by atoms with Gasteiger partial charge in [-0.25, -0.2) is 0 Å². The highest BCUT2D eigenvalue weighted by Gasteiger charge is 2.16. The minimum absolute atomic E-state index is 0.0223. The average Bonchev–Trinajstić information content (AvgIpc) is 2.66. The first-order valence-electron chi connectivity index (χ1n) is 5.91. The highest BCUT2D eigenvalue weighted by atomic mass is 16.5. The Morgan fingerprint density at radius 3 is 2.53 bits per heavy atom. The monoisotopic (exact) mass is 260 g/mol. The van der Waals surface area contributed by atoms with Gasteiger partial charge in [-0.05, 0) is 36.8 Å². The van der Waals surface area contributed by atoms with Gasteiger partial charge in [-0.1, -0.05) is 0 Å². The number of rotatable bonds is 4. The van der Waals surface area contributed by atoms with Gasteiger partial charge in [-0.15, -0.1) is 0 Å². The van der Waals surface area contributed by atoms with E-state index >= 15 is 0 Å². The van der Waals surface area contributed by atoms with E-state index in [2.05, 4.69) is 5.10 Å². The van der Waals surface area contributed by atoms with Crippen LogP contribution < -0.4 is 4.74 Å². The lowest BCUT2D eigenvalue weighted by Crippen LogP contribution is -2.06. The molecule has 1 aromatic carbocycles. The van der Waals surface area contributed by atoms with Gasteiger partial charge in [0.25, 0.3) is 0 Å². The average molecular weight is 260 g/mol. The largest absolute Gasteiger partial charge is 0.497 e. The zero-order valence-corrected chi connectivity index (χ0v) is 11.2. The number of hydrogen-bond acceptors (Lipinski definition) is 3. The maximum Gasteiger partial charge on any atom is 0.309 e. The summed E-state index contributed by atoms with van der Waals surface area (Å²) in [6.07, 6.45) is -0.0223. The lowest BCUT2D eigenvalue weighted by atomic mass is 10.1. The molecule has 1 aromatic heterocycles. The van der Waals surface area contributed by atoms with E-state index < -0.39 is 5.97 Å². The van der Waals surface area contributed by atoms with Gasteiger partial charge in [0.2, 0.25) is 0 Å². The van der Waals surface area contributed by atoms with E-state index in [0.29, 0.717) is 0 Å². The molecule has 100 valence electrons. The molecule has 0 bridgehead atoms. The first kappa shape index (κ1) is 13.1. The second kappa shape index (κ2) is 5.14. The summed E-state index contributed by atoms with van der Waals surface area (Å²) in [4.78, 5) is 10.8. The first-order chi connectivity index (χ1) is 9.02. The molecule has 0 fully saturated rings. The Kier molecular flexibility index (Phi) is 3.55. The van der Waals surface area contributed by atoms with Gasteiger partial charge in [0.1, 0.15) is 5.75 Å². The third kappa shape index (κ3) is 2.59. The summed E-state index contributed by atoms with van der Waals surface area (Å²) in [6.45, 7) is 1.89. The fraction of sp³-hybridized carbons (Fsp3) is 0.286. The van der Waals surface area contributed by atoms with Crippen molar-refractivity contribution in [3.8, 4) is 17.0 Å². The molecule has 19 heavy (non-hydrogen) atoms. The number of aliphatic carboxylic acids is 1. The molecule has 0 unspecified atom stereocenters. The second-order valence-electron chi connectivity index (χ2n) is 4.34. The predicted molar refractivity (Wildman–Crippen MR) is 71.3 cm³/mol. The van der Waals surface area contributed by atoms with Crippen LogP contribution in [0.15, 0.2) is 24.3 Å². The number of nitrogens with zero attached hydrogens (tertiary/aromatic N) is 2. The summed E-state index contributed by atoms with van der Waals surface area (Å²) in [7, 11) is 3.38. The van der Waals surface area contributed by atoms with Crippen LogP contribution in [0.2, 0.25) is 0 Å². The van der Waals surface area contributed by atoms with Crippen molar-refractivity contribution in [2.75, 3.05) is 7.11 Å². The van der Waals surface area contributed by atoms with Crippen LogP contribution in [0, 0.1) is 6.92 Å². The van der Waals surface area contributed by atoms with Crippen molar-refractivity contribution in [2.45, 2.75) is 13.3 Å². The van der Waals surface area contributed by atoms with Crippen LogP contribution in [0.4, 0.5) is 0 Å². The number of carboxylic acids is 1. The molecule has 5 heteroatoms. The summed E-state index contributed by atoms with van der Waals surface area (Å²) in [5, 5.41) is 13.3. The fourth-order valence-corrected chi connectivity index (χ4v) is 2.08. The summed E-state index contributed by atoms with van der Waals surface area (Å²) < 4.78 is 6.74. The Morgan fingerprint density at radius 1 is 1.37 bits per heavy atom. The molecule has 0 saturated carbocycles. The minimum Gasteiger partial charge on any atom is -0.497 e. The number of benzene rings is 1. The summed E-state index contributed by atoms with van der Waals surface area (Å²) in [5.41, 5.74) is 3.38. The van der Waals surface area contributed by atoms with Crippen LogP contribution in [0.25, 0.3) is 11.3 Å². The van der Waals surface area contributed by atoms with Gasteiger partial charge in [-0.3, -0.25) is 9.48 Å². The maximum absolute atomic E-state index is 10.8. The van der Waals surface area contributed by atoms with Crippen molar-refractivity contribution in [1.82, 2.24) is 9.78 Å². The fourth-order valence-electron chi connectivity index (χ4n) is 2.08. The van der Waals surface area contributed by atoms with Crippen molar-refractivity contribution in [2.24, 2.45) is 7.05 Å². The van der Waals surface area contributed by atoms with E-state index in [1.54, 1.807) is 18.8 Å². The smallest absolute Gasteiger partial charge is 0.309 e. The molecule has 1 heterocycles. The zero-order valence-electron chi connectivity index (χ0n) is 11.2. The van der Waals surface area contributed by atoms with Crippen molar-refractivity contribution >= 4 is 5.97 Å². The Balaban J connectivity index is 2.42. The lowest BCUT2D eigenvalue weighted by Gasteiger charge is -2.02. The molecule has 0 radical (unpaired) electrons. The molecule has 0 aliphatic heterocycles. The van der Waals surface area contributed by atoms with Crippen LogP contribution >= 0.6 is 0 Å². The van der Waals surface area contributed by atoms with Gasteiger partial charge in [-0.2, -0.15) is 5.10 Å². The third-order valence-corrected chi connectivity index (χ3v) is 3.11. The van der Waals surface area contributed by atoms with Crippen molar-refractivity contribution in [3.05, 3.63) is 35.5 Å². The molecule has 2 aromatic rings. The SMILES string of the molecule is COc1ccc(-c2nn(C)c(CC(=O)O)c2C)cc1. The van der Waals surface area contributed by atoms with Crippen LogP contribution in [-0.4, -0.2) is 28.0 Å². The summed E-state index contributed by atoms with van der Waals surface area (Å²) in [5.74, 6) is -0.0736. The molecule has 0 aliphatic rings. The standard InChI is InChI=1S/C14H16N2O3/c1-9-12(8-13(17)18)16(2)15-14(9)10-4-6-11(19-3)7-5-10/h4-7H,8H2,1-3H3,(H,17,18). The van der Waals surface area contributed by atoms with Crippen LogP contribution in [-0.2, 0) is 18.3 Å². The van der Waals surface area contributed by atoms with E-state index in [-0.39, 0.29) is 6.42 Å². The van der Waals surface area contributed by atoms with Gasteiger partial charge in [0, 0.05) is 12.6 Å². The molecule has 1 N–H and O–H groups in total. The minimum atomic E-state index is -0.854. The molecule has 0 spiro atoms. The van der Waals surface area contributed by atoms with E-state index in [1.807, 2.05) is 31.2 Å². The van der Waals surface area contributed by atoms with Crippen LogP contribution in [0.5, 0.6) is 5.75 Å². The number of carboxylic acid groups (broad SMARTS) is 1. The third-order valence-electron chi connectivity index (χ3n) is 3.11. The molecule has 0 atom stereocenters. The van der Waals surface area contributed by atoms with E-state index in [9.17, 15) is 4.79 Å². The number of aryl methyl sites for hydroxylation is 1. The van der Waals surface area contributed by atoms with Crippen LogP contribution in [0.3, 0.4) is 0 Å². The highest BCUT2D eigenvalue weighted by molar-refractivity contribution is 5.72. The van der Waals surface area contributed by atoms with Crippen LogP contribution in [0.1, 0.15) is 11.3 Å². The second-order valence-corrected chi connectivity index (χ2v) is 4.34. The molecule has 0 saturated heterocycles. The lowest BCUT2D eigenvalue weighted by molar-refractivity contribution is -0.136. The molecule has 0 aliphatic carbocycles. The van der Waals surface area contributed by atoms with Gasteiger partial charge < -0.3 is 9.84 Å². The number of methoxy groups -OCH3 is 1. The predicted octanol–water partition coefficient (Wildman–Crippen LogP) is 2.03. The van der Waals surface area contributed by atoms with E-state index in [4.69, 9.17) is 9.84 Å². The highest BCUT2D eigenvalue weighted by Crippen LogP contribution is 2.26. The maximum atomic E-state index is 10.8. The van der Waals surface area contributed by atoms with E-state index in [0.717, 1.165) is 28.3 Å². The van der Waals surface area contributed by atoms with Gasteiger partial charge in [0.15, 0.2) is 0 Å². The zero-order chi connectivity index (χ0) is 14.0. The topological polar surface area (TPSA) is 64.4 Å². The molecule has 0 amide bonds. The van der Waals surface area contributed by atoms with Crippen molar-refractivity contribution < 1.29 is 14.6 Å². The Labute approximate surface area is 111 Å². The molecular weight excluding hydrogens is 244 g/mol. The molecular formula is C14H16N2O3. The molecule has 2 rings (SSSR count). The Hall–Kier alpha value is -2.30. The first-order valence-corrected chi connectivity index (χ1v) is 5.91. The van der Waals surface area contributed by atoms with E-state index in [1.165, 1.54) is 0 Å². The van der Waals surface area contributed by atoms with Crippen molar-refractivity contribution in [3.63, 3.8) is 0 Å². The summed E-state index contributed by atoms with van der Waals surface area (Å²) >= 11 is 0. The quantitative estimate of drug-likeness (QED) is 0.913. The molecule has 5 nitrogen and oxygen atoms in total. The van der Waals surface area contributed by atoms with Gasteiger partial charge >= 0.3 is 5.97 Å². The number of hydrogen-bond donors (Lipinski definition) is 1. The number of carbonyl (C=O) groups is 1.